The summed E-state index contributed by atoms with van der Waals surface area (Å²) in [5, 5.41) is 0. The summed E-state index contributed by atoms with van der Waals surface area (Å²) >= 11 is 1.60. The van der Waals surface area contributed by atoms with Crippen LogP contribution in [0.1, 0.15) is 10.6 Å². The van der Waals surface area contributed by atoms with Crippen LogP contribution in [0.2, 0.25) is 0 Å². The molecule has 0 aliphatic rings. The SMILES string of the molecule is C(=C\c1cncs1)/c1cnc2ccccc2n1. The highest BCUT2D eigenvalue weighted by atomic mass is 32.1. The Morgan fingerprint density at radius 1 is 1.00 bits per heavy atom. The summed E-state index contributed by atoms with van der Waals surface area (Å²) < 4.78 is 0. The molecule has 0 spiro atoms. The van der Waals surface area contributed by atoms with Gasteiger partial charge in [-0.3, -0.25) is 9.97 Å². The number of fused-ring (bicyclic) bond motifs is 1. The van der Waals surface area contributed by atoms with E-state index in [1.165, 1.54) is 0 Å². The van der Waals surface area contributed by atoms with Crippen molar-refractivity contribution >= 4 is 34.5 Å². The van der Waals surface area contributed by atoms with Crippen molar-refractivity contribution in [3.63, 3.8) is 0 Å². The Bertz CT molecular complexity index is 659. The fraction of sp³-hybridized carbons (Fsp3) is 0. The van der Waals surface area contributed by atoms with Gasteiger partial charge in [0.1, 0.15) is 0 Å². The predicted molar refractivity (Wildman–Crippen MR) is 70.6 cm³/mol. The number of benzene rings is 1. The number of hydrogen-bond donors (Lipinski definition) is 0. The Balaban J connectivity index is 1.96. The molecule has 0 amide bonds. The standard InChI is InChI=1S/C13H9N3S/c1-2-4-13-12(3-1)15-7-10(16-13)5-6-11-8-14-9-17-11/h1-9H/b6-5+. The summed E-state index contributed by atoms with van der Waals surface area (Å²) in [5.41, 5.74) is 4.50. The number of aromatic nitrogens is 3. The van der Waals surface area contributed by atoms with E-state index < -0.39 is 0 Å². The van der Waals surface area contributed by atoms with Gasteiger partial charge in [-0.25, -0.2) is 4.98 Å². The van der Waals surface area contributed by atoms with Gasteiger partial charge in [-0.1, -0.05) is 12.1 Å². The molecule has 0 unspecified atom stereocenters. The molecular formula is C13H9N3S. The smallest absolute Gasteiger partial charge is 0.0894 e. The van der Waals surface area contributed by atoms with Crippen molar-refractivity contribution in [3.05, 3.63) is 52.7 Å². The van der Waals surface area contributed by atoms with E-state index in [-0.39, 0.29) is 0 Å². The minimum Gasteiger partial charge on any atom is -0.253 e. The molecule has 3 aromatic rings. The van der Waals surface area contributed by atoms with E-state index in [0.717, 1.165) is 21.6 Å². The molecule has 3 nitrogen and oxygen atoms in total. The first kappa shape index (κ1) is 10.1. The monoisotopic (exact) mass is 239 g/mol. The summed E-state index contributed by atoms with van der Waals surface area (Å²) in [6.07, 6.45) is 7.55. The van der Waals surface area contributed by atoms with Gasteiger partial charge in [-0.15, -0.1) is 11.3 Å². The van der Waals surface area contributed by atoms with Gasteiger partial charge in [0.05, 0.1) is 28.4 Å². The Hall–Kier alpha value is -2.07. The van der Waals surface area contributed by atoms with Crippen LogP contribution in [-0.2, 0) is 0 Å². The largest absolute Gasteiger partial charge is 0.253 e. The molecule has 82 valence electrons. The highest BCUT2D eigenvalue weighted by Crippen LogP contribution is 2.12. The summed E-state index contributed by atoms with van der Waals surface area (Å²) in [4.78, 5) is 14.0. The van der Waals surface area contributed by atoms with Crippen LogP contribution >= 0.6 is 11.3 Å². The van der Waals surface area contributed by atoms with Crippen molar-refractivity contribution in [2.24, 2.45) is 0 Å². The third kappa shape index (κ3) is 2.21. The second-order valence-electron chi connectivity index (χ2n) is 3.52. The quantitative estimate of drug-likeness (QED) is 0.689. The first-order chi connectivity index (χ1) is 8.42. The van der Waals surface area contributed by atoms with Crippen molar-refractivity contribution in [1.29, 1.82) is 0 Å². The number of thiazole rings is 1. The lowest BCUT2D eigenvalue weighted by Gasteiger charge is -1.96. The highest BCUT2D eigenvalue weighted by molar-refractivity contribution is 7.10. The van der Waals surface area contributed by atoms with Crippen molar-refractivity contribution in [1.82, 2.24) is 15.0 Å². The van der Waals surface area contributed by atoms with Gasteiger partial charge in [0, 0.05) is 11.1 Å². The minimum atomic E-state index is 0.858. The second-order valence-corrected chi connectivity index (χ2v) is 4.44. The minimum absolute atomic E-state index is 0.858. The molecule has 0 aliphatic carbocycles. The predicted octanol–water partition coefficient (Wildman–Crippen LogP) is 3.26. The highest BCUT2D eigenvalue weighted by Gasteiger charge is 1.96. The van der Waals surface area contributed by atoms with Gasteiger partial charge < -0.3 is 0 Å². The van der Waals surface area contributed by atoms with Crippen molar-refractivity contribution in [2.45, 2.75) is 0 Å². The summed E-state index contributed by atoms with van der Waals surface area (Å²) in [7, 11) is 0. The van der Waals surface area contributed by atoms with E-state index in [1.807, 2.05) is 48.1 Å². The second kappa shape index (κ2) is 4.43. The van der Waals surface area contributed by atoms with Crippen molar-refractivity contribution in [3.8, 4) is 0 Å². The molecule has 0 saturated carbocycles. The van der Waals surface area contributed by atoms with Crippen LogP contribution in [0.5, 0.6) is 0 Å². The molecule has 4 heteroatoms. The van der Waals surface area contributed by atoms with E-state index in [0.29, 0.717) is 0 Å². The average molecular weight is 239 g/mol. The van der Waals surface area contributed by atoms with Crippen LogP contribution in [0, 0.1) is 0 Å². The van der Waals surface area contributed by atoms with E-state index in [1.54, 1.807) is 17.5 Å². The van der Waals surface area contributed by atoms with Gasteiger partial charge in [-0.2, -0.15) is 0 Å². The lowest BCUT2D eigenvalue weighted by atomic mass is 10.3. The normalized spacial score (nSPS) is 11.3. The van der Waals surface area contributed by atoms with Gasteiger partial charge in [0.25, 0.3) is 0 Å². The molecule has 2 aromatic heterocycles. The Kier molecular flexibility index (Phi) is 2.63. The Labute approximate surface area is 103 Å². The van der Waals surface area contributed by atoms with Crippen molar-refractivity contribution < 1.29 is 0 Å². The molecular weight excluding hydrogens is 230 g/mol. The summed E-state index contributed by atoms with van der Waals surface area (Å²) in [5.74, 6) is 0. The zero-order valence-electron chi connectivity index (χ0n) is 8.95. The molecule has 0 saturated heterocycles. The molecule has 1 aromatic carbocycles. The van der Waals surface area contributed by atoms with E-state index >= 15 is 0 Å². The zero-order valence-corrected chi connectivity index (χ0v) is 9.76. The molecule has 0 N–H and O–H groups in total. The number of para-hydroxylation sites is 2. The number of nitrogens with zero attached hydrogens (tertiary/aromatic N) is 3. The molecule has 0 atom stereocenters. The van der Waals surface area contributed by atoms with Gasteiger partial charge in [0.2, 0.25) is 0 Å². The van der Waals surface area contributed by atoms with Crippen LogP contribution in [0.25, 0.3) is 23.2 Å². The lowest BCUT2D eigenvalue weighted by Crippen LogP contribution is -1.86. The summed E-state index contributed by atoms with van der Waals surface area (Å²) in [6, 6.07) is 7.85. The molecule has 0 fully saturated rings. The zero-order chi connectivity index (χ0) is 11.5. The van der Waals surface area contributed by atoms with E-state index in [9.17, 15) is 0 Å². The maximum absolute atomic E-state index is 4.51. The van der Waals surface area contributed by atoms with Crippen molar-refractivity contribution in [2.75, 3.05) is 0 Å². The molecule has 0 aliphatic heterocycles. The van der Waals surface area contributed by atoms with Gasteiger partial charge >= 0.3 is 0 Å². The van der Waals surface area contributed by atoms with E-state index in [4.69, 9.17) is 0 Å². The topological polar surface area (TPSA) is 38.7 Å². The Morgan fingerprint density at radius 3 is 2.71 bits per heavy atom. The van der Waals surface area contributed by atoms with Gasteiger partial charge in [-0.05, 0) is 24.3 Å². The lowest BCUT2D eigenvalue weighted by molar-refractivity contribution is 1.27. The first-order valence-corrected chi connectivity index (χ1v) is 6.08. The molecule has 17 heavy (non-hydrogen) atoms. The fourth-order valence-electron chi connectivity index (χ4n) is 1.53. The first-order valence-electron chi connectivity index (χ1n) is 5.20. The van der Waals surface area contributed by atoms with E-state index in [2.05, 4.69) is 15.0 Å². The molecule has 2 heterocycles. The van der Waals surface area contributed by atoms with Gasteiger partial charge in [0.15, 0.2) is 0 Å². The third-order valence-corrected chi connectivity index (χ3v) is 3.08. The third-order valence-electron chi connectivity index (χ3n) is 2.34. The number of rotatable bonds is 2. The Morgan fingerprint density at radius 2 is 1.88 bits per heavy atom. The van der Waals surface area contributed by atoms with Crippen LogP contribution < -0.4 is 0 Å². The van der Waals surface area contributed by atoms with Crippen LogP contribution in [0.15, 0.2) is 42.2 Å². The van der Waals surface area contributed by atoms with Crippen LogP contribution in [0.4, 0.5) is 0 Å². The van der Waals surface area contributed by atoms with Crippen LogP contribution in [-0.4, -0.2) is 15.0 Å². The van der Waals surface area contributed by atoms with Crippen LogP contribution in [0.3, 0.4) is 0 Å². The fourth-order valence-corrected chi connectivity index (χ4v) is 2.04. The molecule has 3 rings (SSSR count). The maximum Gasteiger partial charge on any atom is 0.0894 e. The summed E-state index contributed by atoms with van der Waals surface area (Å²) in [6.45, 7) is 0. The number of hydrogen-bond acceptors (Lipinski definition) is 4. The molecule has 0 radical (unpaired) electrons. The molecule has 0 bridgehead atoms. The average Bonchev–Trinajstić information content (AvgIpc) is 2.89. The maximum atomic E-state index is 4.51.